The molecule has 35 heavy (non-hydrogen) atoms. The average Bonchev–Trinajstić information content (AvgIpc) is 2.89. The molecule has 0 N–H and O–H groups in total. The molecule has 1 aliphatic rings. The van der Waals surface area contributed by atoms with E-state index in [0.717, 1.165) is 22.0 Å². The van der Waals surface area contributed by atoms with Gasteiger partial charge in [0.1, 0.15) is 22.3 Å². The average molecular weight is 499 g/mol. The van der Waals surface area contributed by atoms with Gasteiger partial charge in [-0.3, -0.25) is 4.79 Å². The molecule has 4 rings (SSSR count). The lowest BCUT2D eigenvalue weighted by molar-refractivity contribution is -0.126. The van der Waals surface area contributed by atoms with Gasteiger partial charge in [-0.15, -0.1) is 0 Å². The molecule has 0 unspecified atom stereocenters. The van der Waals surface area contributed by atoms with E-state index in [1.165, 1.54) is 0 Å². The second-order valence-corrected chi connectivity index (χ2v) is 9.84. The van der Waals surface area contributed by atoms with Gasteiger partial charge in [-0.1, -0.05) is 48.5 Å². The van der Waals surface area contributed by atoms with Crippen molar-refractivity contribution in [2.75, 3.05) is 33.3 Å². The molecule has 0 aliphatic carbocycles. The molecule has 182 valence electrons. The van der Waals surface area contributed by atoms with Gasteiger partial charge in [-0.25, -0.2) is 17.2 Å². The van der Waals surface area contributed by atoms with Crippen molar-refractivity contribution in [3.05, 3.63) is 95.6 Å². The highest BCUT2D eigenvalue weighted by atomic mass is 32.2. The van der Waals surface area contributed by atoms with Gasteiger partial charge >= 0.3 is 0 Å². The number of sulfonamides is 1. The highest BCUT2D eigenvalue weighted by molar-refractivity contribution is 7.89. The summed E-state index contributed by atoms with van der Waals surface area (Å²) < 4.78 is 60.0. The van der Waals surface area contributed by atoms with Crippen LogP contribution in [0.2, 0.25) is 0 Å². The van der Waals surface area contributed by atoms with Gasteiger partial charge in [0.15, 0.2) is 0 Å². The minimum atomic E-state index is -4.25. The number of methoxy groups -OCH3 is 1. The second kappa shape index (κ2) is 10.4. The maximum Gasteiger partial charge on any atom is 0.254 e. The van der Waals surface area contributed by atoms with Crippen molar-refractivity contribution in [1.29, 1.82) is 0 Å². The topological polar surface area (TPSA) is 66.9 Å². The van der Waals surface area contributed by atoms with Gasteiger partial charge in [0.2, 0.25) is 10.0 Å². The Kier molecular flexibility index (Phi) is 7.28. The van der Waals surface area contributed by atoms with Crippen LogP contribution >= 0.6 is 0 Å². The summed E-state index contributed by atoms with van der Waals surface area (Å²) in [6.45, 7) is 0.123. The van der Waals surface area contributed by atoms with Crippen LogP contribution in [0.4, 0.5) is 8.78 Å². The molecule has 1 heterocycles. The zero-order valence-corrected chi connectivity index (χ0v) is 19.8. The predicted octanol–water partition coefficient (Wildman–Crippen LogP) is 4.05. The lowest BCUT2D eigenvalue weighted by atomic mass is 10.0. The first-order valence-electron chi connectivity index (χ1n) is 11.0. The van der Waals surface area contributed by atoms with E-state index in [9.17, 15) is 22.0 Å². The van der Waals surface area contributed by atoms with Crippen molar-refractivity contribution in [2.24, 2.45) is 0 Å². The molecule has 0 bridgehead atoms. The molecule has 0 saturated carbocycles. The Morgan fingerprint density at radius 3 is 2.26 bits per heavy atom. The monoisotopic (exact) mass is 498 g/mol. The molecule has 0 atom stereocenters. The number of benzene rings is 3. The smallest absolute Gasteiger partial charge is 0.254 e. The highest BCUT2D eigenvalue weighted by Gasteiger charge is 2.33. The van der Waals surface area contributed by atoms with E-state index >= 15 is 0 Å². The SMILES string of the molecule is COc1ccccc1/C=C(/C(=O)N1CCN(S(=O)(=O)c2cc(F)ccc2F)CC1)c1ccccc1. The fourth-order valence-electron chi connectivity index (χ4n) is 3.94. The summed E-state index contributed by atoms with van der Waals surface area (Å²) in [5, 5.41) is 0. The van der Waals surface area contributed by atoms with E-state index in [1.54, 1.807) is 24.2 Å². The van der Waals surface area contributed by atoms with E-state index in [-0.39, 0.29) is 32.1 Å². The first-order valence-corrected chi connectivity index (χ1v) is 12.4. The van der Waals surface area contributed by atoms with Gasteiger partial charge in [0, 0.05) is 37.3 Å². The Labute approximate surface area is 203 Å². The third kappa shape index (κ3) is 5.26. The van der Waals surface area contributed by atoms with Gasteiger partial charge in [-0.2, -0.15) is 4.31 Å². The first kappa shape index (κ1) is 24.6. The van der Waals surface area contributed by atoms with Crippen molar-refractivity contribution >= 4 is 27.6 Å². The molecule has 0 radical (unpaired) electrons. The van der Waals surface area contributed by atoms with Crippen molar-refractivity contribution in [2.45, 2.75) is 4.90 Å². The fourth-order valence-corrected chi connectivity index (χ4v) is 5.44. The third-order valence-electron chi connectivity index (χ3n) is 5.79. The Morgan fingerprint density at radius 2 is 1.57 bits per heavy atom. The summed E-state index contributed by atoms with van der Waals surface area (Å²) in [6.07, 6.45) is 1.75. The Morgan fingerprint density at radius 1 is 0.914 bits per heavy atom. The number of rotatable bonds is 6. The molecule has 1 aliphatic heterocycles. The summed E-state index contributed by atoms with van der Waals surface area (Å²) in [5.74, 6) is -1.51. The van der Waals surface area contributed by atoms with E-state index in [2.05, 4.69) is 0 Å². The number of nitrogens with zero attached hydrogens (tertiary/aromatic N) is 2. The van der Waals surface area contributed by atoms with Crippen LogP contribution in [0.1, 0.15) is 11.1 Å². The largest absolute Gasteiger partial charge is 0.496 e. The quantitative estimate of drug-likeness (QED) is 0.380. The summed E-state index contributed by atoms with van der Waals surface area (Å²) in [6, 6.07) is 18.8. The molecular weight excluding hydrogens is 474 g/mol. The molecule has 6 nitrogen and oxygen atoms in total. The van der Waals surface area contributed by atoms with Crippen LogP contribution in [0.5, 0.6) is 5.75 Å². The highest BCUT2D eigenvalue weighted by Crippen LogP contribution is 2.27. The second-order valence-electron chi connectivity index (χ2n) is 7.94. The van der Waals surface area contributed by atoms with Crippen molar-refractivity contribution in [3.63, 3.8) is 0 Å². The standard InChI is InChI=1S/C26H24F2N2O4S/c1-34-24-10-6-5-9-20(24)17-22(19-7-3-2-4-8-19)26(31)29-13-15-30(16-14-29)35(32,33)25-18-21(27)11-12-23(25)28/h2-12,17-18H,13-16H2,1H3/b22-17+. The van der Waals surface area contributed by atoms with Crippen LogP contribution in [0, 0.1) is 11.6 Å². The lowest BCUT2D eigenvalue weighted by Gasteiger charge is -2.34. The van der Waals surface area contributed by atoms with Gasteiger partial charge in [0.25, 0.3) is 5.91 Å². The van der Waals surface area contributed by atoms with Crippen molar-refractivity contribution in [3.8, 4) is 5.75 Å². The maximum absolute atomic E-state index is 14.1. The minimum absolute atomic E-state index is 0.0409. The Hall–Kier alpha value is -3.56. The molecule has 0 spiro atoms. The Balaban J connectivity index is 1.58. The molecule has 1 amide bonds. The number of carbonyl (C=O) groups is 1. The van der Waals surface area contributed by atoms with Crippen LogP contribution in [0.15, 0.2) is 77.7 Å². The summed E-state index contributed by atoms with van der Waals surface area (Å²) in [5.41, 5.74) is 1.87. The molecule has 3 aromatic rings. The number of halogens is 2. The van der Waals surface area contributed by atoms with Crippen molar-refractivity contribution in [1.82, 2.24) is 9.21 Å². The van der Waals surface area contributed by atoms with E-state index in [0.29, 0.717) is 23.0 Å². The molecule has 1 saturated heterocycles. The van der Waals surface area contributed by atoms with Gasteiger partial charge in [0.05, 0.1) is 7.11 Å². The number of para-hydroxylation sites is 1. The zero-order chi connectivity index (χ0) is 25.0. The number of ether oxygens (including phenoxy) is 1. The van der Waals surface area contributed by atoms with Crippen LogP contribution in [-0.4, -0.2) is 56.8 Å². The van der Waals surface area contributed by atoms with Crippen LogP contribution < -0.4 is 4.74 Å². The molecule has 3 aromatic carbocycles. The van der Waals surface area contributed by atoms with Crippen LogP contribution in [-0.2, 0) is 14.8 Å². The maximum atomic E-state index is 14.1. The Bertz CT molecular complexity index is 1350. The molecule has 9 heteroatoms. The minimum Gasteiger partial charge on any atom is -0.496 e. The third-order valence-corrected chi connectivity index (χ3v) is 7.70. The summed E-state index contributed by atoms with van der Waals surface area (Å²) >= 11 is 0. The van der Waals surface area contributed by atoms with Crippen molar-refractivity contribution < 1.29 is 26.7 Å². The number of amides is 1. The number of hydrogen-bond acceptors (Lipinski definition) is 4. The van der Waals surface area contributed by atoms with Gasteiger partial charge < -0.3 is 9.64 Å². The van der Waals surface area contributed by atoms with Crippen LogP contribution in [0.25, 0.3) is 11.6 Å². The summed E-state index contributed by atoms with van der Waals surface area (Å²) in [7, 11) is -2.69. The fraction of sp³-hybridized carbons (Fsp3) is 0.192. The molecule has 0 aromatic heterocycles. The predicted molar refractivity (Wildman–Crippen MR) is 129 cm³/mol. The first-order chi connectivity index (χ1) is 16.8. The summed E-state index contributed by atoms with van der Waals surface area (Å²) in [4.78, 5) is 14.4. The van der Waals surface area contributed by atoms with E-state index in [1.807, 2.05) is 48.5 Å². The van der Waals surface area contributed by atoms with E-state index < -0.39 is 26.6 Å². The number of carbonyl (C=O) groups excluding carboxylic acids is 1. The molecule has 1 fully saturated rings. The lowest BCUT2D eigenvalue weighted by Crippen LogP contribution is -2.50. The normalized spacial score (nSPS) is 15.2. The number of hydrogen-bond donors (Lipinski definition) is 0. The van der Waals surface area contributed by atoms with Gasteiger partial charge in [-0.05, 0) is 35.9 Å². The number of piperazine rings is 1. The van der Waals surface area contributed by atoms with E-state index in [4.69, 9.17) is 4.74 Å². The zero-order valence-electron chi connectivity index (χ0n) is 19.0. The molecular formula is C26H24F2N2O4S. The van der Waals surface area contributed by atoms with Crippen LogP contribution in [0.3, 0.4) is 0 Å².